The summed E-state index contributed by atoms with van der Waals surface area (Å²) in [5.41, 5.74) is 0. The van der Waals surface area contributed by atoms with Gasteiger partial charge in [-0.05, 0) is 6.92 Å². The van der Waals surface area contributed by atoms with Crippen LogP contribution in [0.5, 0.6) is 0 Å². The molecule has 0 N–H and O–H groups in total. The van der Waals surface area contributed by atoms with E-state index in [0.29, 0.717) is 0 Å². The van der Waals surface area contributed by atoms with E-state index in [1.165, 1.54) is 6.54 Å². The van der Waals surface area contributed by atoms with Crippen LogP contribution in [-0.2, 0) is 4.79 Å². The van der Waals surface area contributed by atoms with E-state index in [1.54, 1.807) is 0 Å². The van der Waals surface area contributed by atoms with Gasteiger partial charge in [-0.25, -0.2) is 0 Å². The van der Waals surface area contributed by atoms with Crippen LogP contribution >= 0.6 is 0 Å². The first-order chi connectivity index (χ1) is 3.97. The average molecular weight is 133 g/mol. The van der Waals surface area contributed by atoms with Crippen molar-refractivity contribution in [2.75, 3.05) is 27.7 Å². The highest BCUT2D eigenvalue weighted by molar-refractivity contribution is 5.29. The standard InChI is InChI=1S/C5H14N.CH2O2/c1-5-6(2,3)4;2-1-3/h5H2,1-4H3;1H,(H,2,3)/q+1;/p-1. The molecule has 0 radical (unpaired) electrons. The number of quaternary nitrogens is 1. The van der Waals surface area contributed by atoms with E-state index in [1.807, 2.05) is 0 Å². The molecule has 0 atom stereocenters. The van der Waals surface area contributed by atoms with E-state index in [2.05, 4.69) is 28.1 Å². The summed E-state index contributed by atoms with van der Waals surface area (Å²) < 4.78 is 1.07. The normalized spacial score (nSPS) is 9.33. The summed E-state index contributed by atoms with van der Waals surface area (Å²) in [6.45, 7) is 2.89. The molecule has 56 valence electrons. The number of carbonyl (C=O) groups excluding carboxylic acids is 1. The van der Waals surface area contributed by atoms with Gasteiger partial charge in [0.25, 0.3) is 0 Å². The van der Waals surface area contributed by atoms with Gasteiger partial charge in [0.1, 0.15) is 0 Å². The minimum Gasteiger partial charge on any atom is -0.554 e. The summed E-state index contributed by atoms with van der Waals surface area (Å²) >= 11 is 0. The second-order valence-corrected chi connectivity index (χ2v) is 2.70. The number of hydrogen-bond acceptors (Lipinski definition) is 2. The van der Waals surface area contributed by atoms with Gasteiger partial charge in [0, 0.05) is 6.47 Å². The molecule has 0 aromatic rings. The third-order valence-corrected chi connectivity index (χ3v) is 0.949. The maximum Gasteiger partial charge on any atom is 0.0751 e. The molecule has 9 heavy (non-hydrogen) atoms. The van der Waals surface area contributed by atoms with Crippen LogP contribution in [0.15, 0.2) is 0 Å². The van der Waals surface area contributed by atoms with Crippen molar-refractivity contribution in [1.82, 2.24) is 0 Å². The molecule has 3 nitrogen and oxygen atoms in total. The maximum atomic E-state index is 8.25. The lowest BCUT2D eigenvalue weighted by Gasteiger charge is -2.20. The zero-order valence-electron chi connectivity index (χ0n) is 6.55. The molecule has 0 saturated carbocycles. The molecule has 0 spiro atoms. The molecule has 0 aromatic heterocycles. The quantitative estimate of drug-likeness (QED) is 0.343. The number of carbonyl (C=O) groups is 1. The highest BCUT2D eigenvalue weighted by Gasteiger charge is 1.97. The van der Waals surface area contributed by atoms with Crippen LogP contribution in [-0.4, -0.2) is 38.6 Å². The summed E-state index contributed by atoms with van der Waals surface area (Å²) in [6, 6.07) is 0. The van der Waals surface area contributed by atoms with E-state index in [9.17, 15) is 0 Å². The third kappa shape index (κ3) is 37.1. The zero-order valence-corrected chi connectivity index (χ0v) is 6.55. The molecule has 0 aliphatic heterocycles. The Morgan fingerprint density at radius 1 is 1.44 bits per heavy atom. The molecule has 0 rings (SSSR count). The number of nitrogens with zero attached hydrogens (tertiary/aromatic N) is 1. The molecule has 0 aliphatic carbocycles. The van der Waals surface area contributed by atoms with Gasteiger partial charge in [0.05, 0.1) is 27.7 Å². The van der Waals surface area contributed by atoms with Gasteiger partial charge in [-0.15, -0.1) is 0 Å². The first-order valence-corrected chi connectivity index (χ1v) is 2.84. The van der Waals surface area contributed by atoms with Crippen LogP contribution in [0.4, 0.5) is 0 Å². The van der Waals surface area contributed by atoms with Crippen LogP contribution in [0.2, 0.25) is 0 Å². The molecular weight excluding hydrogens is 118 g/mol. The Morgan fingerprint density at radius 2 is 1.56 bits per heavy atom. The van der Waals surface area contributed by atoms with E-state index in [4.69, 9.17) is 9.90 Å². The first kappa shape index (κ1) is 11.3. The third-order valence-electron chi connectivity index (χ3n) is 0.949. The maximum absolute atomic E-state index is 8.25. The van der Waals surface area contributed by atoms with Gasteiger partial charge in [0.2, 0.25) is 0 Å². The molecule has 0 amide bonds. The van der Waals surface area contributed by atoms with Gasteiger partial charge in [-0.3, -0.25) is 0 Å². The van der Waals surface area contributed by atoms with E-state index >= 15 is 0 Å². The van der Waals surface area contributed by atoms with Crippen molar-refractivity contribution in [2.45, 2.75) is 6.92 Å². The Balaban J connectivity index is 0. The second-order valence-electron chi connectivity index (χ2n) is 2.70. The van der Waals surface area contributed by atoms with Crippen LogP contribution in [0, 0.1) is 0 Å². The van der Waals surface area contributed by atoms with E-state index in [0.717, 1.165) is 4.48 Å². The van der Waals surface area contributed by atoms with Gasteiger partial charge in [-0.1, -0.05) is 0 Å². The van der Waals surface area contributed by atoms with Crippen molar-refractivity contribution in [3.05, 3.63) is 0 Å². The summed E-state index contributed by atoms with van der Waals surface area (Å²) in [7, 11) is 6.54. The molecule has 0 fully saturated rings. The van der Waals surface area contributed by atoms with Crippen molar-refractivity contribution in [3.63, 3.8) is 0 Å². The van der Waals surface area contributed by atoms with Crippen LogP contribution in [0.3, 0.4) is 0 Å². The smallest absolute Gasteiger partial charge is 0.0751 e. The molecule has 0 unspecified atom stereocenters. The molecule has 0 aromatic carbocycles. The fourth-order valence-electron chi connectivity index (χ4n) is 0. The Labute approximate surface area is 56.5 Å². The van der Waals surface area contributed by atoms with Gasteiger partial charge in [0.15, 0.2) is 0 Å². The summed E-state index contributed by atoms with van der Waals surface area (Å²) in [6.07, 6.45) is 0. The van der Waals surface area contributed by atoms with Crippen molar-refractivity contribution in [1.29, 1.82) is 0 Å². The minimum absolute atomic E-state index is 0.500. The highest BCUT2D eigenvalue weighted by atomic mass is 16.3. The molecule has 0 bridgehead atoms. The van der Waals surface area contributed by atoms with E-state index in [-0.39, 0.29) is 0 Å². The summed E-state index contributed by atoms with van der Waals surface area (Å²) in [5.74, 6) is 0. The lowest BCUT2D eigenvalue weighted by atomic mass is 10.6. The van der Waals surface area contributed by atoms with E-state index < -0.39 is 6.47 Å². The fourth-order valence-corrected chi connectivity index (χ4v) is 0. The minimum atomic E-state index is -0.500. The molecule has 0 saturated heterocycles. The highest BCUT2D eigenvalue weighted by Crippen LogP contribution is 1.83. The SMILES string of the molecule is CC[N+](C)(C)C.O=C[O-]. The lowest BCUT2D eigenvalue weighted by molar-refractivity contribution is -0.868. The largest absolute Gasteiger partial charge is 0.554 e. The summed E-state index contributed by atoms with van der Waals surface area (Å²) in [5, 5.41) is 8.25. The zero-order chi connectivity index (χ0) is 7.91. The Bertz CT molecular complexity index is 65.9. The Hall–Kier alpha value is -0.570. The topological polar surface area (TPSA) is 40.1 Å². The van der Waals surface area contributed by atoms with Crippen molar-refractivity contribution >= 4 is 6.47 Å². The second kappa shape index (κ2) is 5.56. The van der Waals surface area contributed by atoms with Crippen LogP contribution in [0.25, 0.3) is 0 Å². The Kier molecular flexibility index (Phi) is 6.96. The predicted molar refractivity (Wildman–Crippen MR) is 34.6 cm³/mol. The lowest BCUT2D eigenvalue weighted by Crippen LogP contribution is -2.33. The fraction of sp³-hybridized carbons (Fsp3) is 0.833. The van der Waals surface area contributed by atoms with Crippen molar-refractivity contribution in [2.24, 2.45) is 0 Å². The monoisotopic (exact) mass is 133 g/mol. The van der Waals surface area contributed by atoms with Gasteiger partial charge >= 0.3 is 0 Å². The predicted octanol–water partition coefficient (Wildman–Crippen LogP) is -0.921. The van der Waals surface area contributed by atoms with Gasteiger partial charge in [-0.2, -0.15) is 0 Å². The summed E-state index contributed by atoms with van der Waals surface area (Å²) in [4.78, 5) is 8.25. The first-order valence-electron chi connectivity index (χ1n) is 2.84. The number of rotatable bonds is 1. The molecule has 0 heterocycles. The molecule has 3 heteroatoms. The number of carboxylic acid groups (broad SMARTS) is 1. The number of hydrogen-bond donors (Lipinski definition) is 0. The average Bonchev–Trinajstić information content (AvgIpc) is 1.67. The molecular formula is C6H15NO2. The molecule has 0 aliphatic rings. The Morgan fingerprint density at radius 3 is 1.56 bits per heavy atom. The van der Waals surface area contributed by atoms with Crippen LogP contribution < -0.4 is 5.11 Å². The van der Waals surface area contributed by atoms with Crippen molar-refractivity contribution < 1.29 is 14.4 Å². The van der Waals surface area contributed by atoms with Gasteiger partial charge < -0.3 is 14.4 Å². The van der Waals surface area contributed by atoms with Crippen molar-refractivity contribution in [3.8, 4) is 0 Å². The van der Waals surface area contributed by atoms with Crippen LogP contribution in [0.1, 0.15) is 6.92 Å².